The van der Waals surface area contributed by atoms with Crippen molar-refractivity contribution in [2.24, 2.45) is 0 Å². The van der Waals surface area contributed by atoms with Crippen LogP contribution in [0.25, 0.3) is 0 Å². The Bertz CT molecular complexity index is 617. The minimum Gasteiger partial charge on any atom is -0.425 e. The van der Waals surface area contributed by atoms with Crippen LogP contribution in [0.2, 0.25) is 0 Å². The highest BCUT2D eigenvalue weighted by Gasteiger charge is 2.11. The molecule has 0 aliphatic carbocycles. The SMILES string of the molecule is CCSc1ccccc1OC(=O)CSc1ccccc1F. The van der Waals surface area contributed by atoms with Gasteiger partial charge in [0, 0.05) is 4.90 Å². The third-order valence-corrected chi connectivity index (χ3v) is 4.51. The molecule has 0 unspecified atom stereocenters. The standard InChI is InChI=1S/C16H15FO2S2/c1-2-20-15-10-6-4-8-13(15)19-16(18)11-21-14-9-5-3-7-12(14)17/h3-10H,2,11H2,1H3. The summed E-state index contributed by atoms with van der Waals surface area (Å²) < 4.78 is 18.8. The summed E-state index contributed by atoms with van der Waals surface area (Å²) in [6.45, 7) is 2.04. The lowest BCUT2D eigenvalue weighted by Gasteiger charge is -2.09. The number of ether oxygens (including phenoxy) is 1. The summed E-state index contributed by atoms with van der Waals surface area (Å²) in [5.41, 5.74) is 0. The smallest absolute Gasteiger partial charge is 0.321 e. The van der Waals surface area contributed by atoms with Gasteiger partial charge in [-0.1, -0.05) is 31.2 Å². The summed E-state index contributed by atoms with van der Waals surface area (Å²) in [6.07, 6.45) is 0. The lowest BCUT2D eigenvalue weighted by atomic mass is 10.3. The number of benzene rings is 2. The van der Waals surface area contributed by atoms with Crippen LogP contribution in [0.5, 0.6) is 5.75 Å². The Morgan fingerprint density at radius 1 is 1.05 bits per heavy atom. The van der Waals surface area contributed by atoms with Crippen LogP contribution in [0.1, 0.15) is 6.92 Å². The molecule has 0 heterocycles. The van der Waals surface area contributed by atoms with Crippen molar-refractivity contribution in [2.75, 3.05) is 11.5 Å². The first-order valence-electron chi connectivity index (χ1n) is 6.50. The molecule has 0 atom stereocenters. The van der Waals surface area contributed by atoms with Crippen LogP contribution in [0.4, 0.5) is 4.39 Å². The van der Waals surface area contributed by atoms with Crippen LogP contribution in [0, 0.1) is 5.82 Å². The maximum Gasteiger partial charge on any atom is 0.321 e. The van der Waals surface area contributed by atoms with Crippen molar-refractivity contribution < 1.29 is 13.9 Å². The fourth-order valence-electron chi connectivity index (χ4n) is 1.66. The Hall–Kier alpha value is -1.46. The molecule has 2 nitrogen and oxygen atoms in total. The van der Waals surface area contributed by atoms with Gasteiger partial charge in [-0.3, -0.25) is 4.79 Å². The Labute approximate surface area is 132 Å². The highest BCUT2D eigenvalue weighted by atomic mass is 32.2. The molecule has 0 saturated carbocycles. The monoisotopic (exact) mass is 322 g/mol. The zero-order valence-electron chi connectivity index (χ0n) is 11.5. The number of para-hydroxylation sites is 1. The molecular weight excluding hydrogens is 307 g/mol. The van der Waals surface area contributed by atoms with E-state index in [2.05, 4.69) is 0 Å². The van der Waals surface area contributed by atoms with E-state index in [-0.39, 0.29) is 17.5 Å². The molecule has 0 saturated heterocycles. The number of carbonyl (C=O) groups excluding carboxylic acids is 1. The predicted molar refractivity (Wildman–Crippen MR) is 85.6 cm³/mol. The summed E-state index contributed by atoms with van der Waals surface area (Å²) in [5.74, 6) is 0.832. The number of hydrogen-bond donors (Lipinski definition) is 0. The van der Waals surface area contributed by atoms with Crippen molar-refractivity contribution in [3.05, 3.63) is 54.3 Å². The summed E-state index contributed by atoms with van der Waals surface area (Å²) in [7, 11) is 0. The van der Waals surface area contributed by atoms with Crippen LogP contribution in [-0.2, 0) is 4.79 Å². The second-order valence-electron chi connectivity index (χ2n) is 4.07. The molecule has 0 radical (unpaired) electrons. The highest BCUT2D eigenvalue weighted by molar-refractivity contribution is 8.00. The van der Waals surface area contributed by atoms with Gasteiger partial charge in [0.2, 0.25) is 0 Å². The number of halogens is 1. The molecule has 0 bridgehead atoms. The third kappa shape index (κ3) is 4.79. The Balaban J connectivity index is 1.95. The minimum atomic E-state index is -0.382. The number of carbonyl (C=O) groups is 1. The summed E-state index contributed by atoms with van der Waals surface area (Å²) in [5, 5.41) is 0. The normalized spacial score (nSPS) is 10.4. The first-order valence-corrected chi connectivity index (χ1v) is 8.47. The highest BCUT2D eigenvalue weighted by Crippen LogP contribution is 2.29. The lowest BCUT2D eigenvalue weighted by Crippen LogP contribution is -2.11. The van der Waals surface area contributed by atoms with Gasteiger partial charge in [0.05, 0.1) is 10.6 Å². The Morgan fingerprint density at radius 3 is 2.43 bits per heavy atom. The van der Waals surface area contributed by atoms with Crippen molar-refractivity contribution in [2.45, 2.75) is 16.7 Å². The molecule has 2 aromatic rings. The molecule has 0 amide bonds. The number of rotatable bonds is 6. The quantitative estimate of drug-likeness (QED) is 0.440. The van der Waals surface area contributed by atoms with E-state index < -0.39 is 0 Å². The van der Waals surface area contributed by atoms with E-state index in [1.165, 1.54) is 6.07 Å². The zero-order valence-corrected chi connectivity index (χ0v) is 13.2. The van der Waals surface area contributed by atoms with Crippen LogP contribution in [0.15, 0.2) is 58.3 Å². The number of hydrogen-bond acceptors (Lipinski definition) is 4. The maximum absolute atomic E-state index is 13.5. The van der Waals surface area contributed by atoms with Crippen molar-refractivity contribution in [3.63, 3.8) is 0 Å². The first kappa shape index (κ1) is 15.9. The van der Waals surface area contributed by atoms with Crippen molar-refractivity contribution in [3.8, 4) is 5.75 Å². The van der Waals surface area contributed by atoms with Crippen molar-refractivity contribution in [1.29, 1.82) is 0 Å². The molecule has 5 heteroatoms. The molecular formula is C16H15FO2S2. The van der Waals surface area contributed by atoms with Crippen LogP contribution >= 0.6 is 23.5 Å². The van der Waals surface area contributed by atoms with E-state index in [4.69, 9.17) is 4.74 Å². The van der Waals surface area contributed by atoms with Gasteiger partial charge in [0.1, 0.15) is 11.6 Å². The summed E-state index contributed by atoms with van der Waals surface area (Å²) in [4.78, 5) is 13.3. The van der Waals surface area contributed by atoms with Gasteiger partial charge in [0.15, 0.2) is 0 Å². The molecule has 0 fully saturated rings. The van der Waals surface area contributed by atoms with E-state index in [0.717, 1.165) is 22.4 Å². The van der Waals surface area contributed by atoms with Gasteiger partial charge in [-0.15, -0.1) is 23.5 Å². The molecule has 0 aliphatic rings. The predicted octanol–water partition coefficient (Wildman–Crippen LogP) is 4.64. The average molecular weight is 322 g/mol. The van der Waals surface area contributed by atoms with Gasteiger partial charge in [-0.25, -0.2) is 4.39 Å². The second-order valence-corrected chi connectivity index (χ2v) is 6.40. The molecule has 0 N–H and O–H groups in total. The number of esters is 1. The van der Waals surface area contributed by atoms with Crippen LogP contribution in [0.3, 0.4) is 0 Å². The molecule has 0 aliphatic heterocycles. The molecule has 0 aromatic heterocycles. The third-order valence-electron chi connectivity index (χ3n) is 2.55. The fourth-order valence-corrected chi connectivity index (χ4v) is 3.11. The van der Waals surface area contributed by atoms with Gasteiger partial charge in [-0.05, 0) is 30.0 Å². The van der Waals surface area contributed by atoms with Crippen molar-refractivity contribution in [1.82, 2.24) is 0 Å². The largest absolute Gasteiger partial charge is 0.425 e. The van der Waals surface area contributed by atoms with Crippen molar-refractivity contribution >= 4 is 29.5 Å². The van der Waals surface area contributed by atoms with Gasteiger partial charge in [0.25, 0.3) is 0 Å². The molecule has 110 valence electrons. The average Bonchev–Trinajstić information content (AvgIpc) is 2.49. The lowest BCUT2D eigenvalue weighted by molar-refractivity contribution is -0.131. The topological polar surface area (TPSA) is 26.3 Å². The Kier molecular flexibility index (Phi) is 6.14. The Morgan fingerprint density at radius 2 is 1.71 bits per heavy atom. The molecule has 2 aromatic carbocycles. The van der Waals surface area contributed by atoms with E-state index in [1.807, 2.05) is 25.1 Å². The maximum atomic E-state index is 13.5. The molecule has 0 spiro atoms. The second kappa shape index (κ2) is 8.10. The van der Waals surface area contributed by atoms with Gasteiger partial charge < -0.3 is 4.74 Å². The molecule has 21 heavy (non-hydrogen) atoms. The first-order chi connectivity index (χ1) is 10.2. The summed E-state index contributed by atoms with van der Waals surface area (Å²) >= 11 is 2.75. The zero-order chi connectivity index (χ0) is 15.1. The van der Waals surface area contributed by atoms with E-state index >= 15 is 0 Å². The van der Waals surface area contributed by atoms with Gasteiger partial charge >= 0.3 is 5.97 Å². The fraction of sp³-hybridized carbons (Fsp3) is 0.188. The van der Waals surface area contributed by atoms with E-state index in [1.54, 1.807) is 36.0 Å². The number of thioether (sulfide) groups is 2. The van der Waals surface area contributed by atoms with Gasteiger partial charge in [-0.2, -0.15) is 0 Å². The van der Waals surface area contributed by atoms with Crippen LogP contribution < -0.4 is 4.74 Å². The molecule has 2 rings (SSSR count). The van der Waals surface area contributed by atoms with Crippen LogP contribution in [-0.4, -0.2) is 17.5 Å². The van der Waals surface area contributed by atoms with E-state index in [9.17, 15) is 9.18 Å². The summed E-state index contributed by atoms with van der Waals surface area (Å²) in [6, 6.07) is 13.8. The van der Waals surface area contributed by atoms with E-state index in [0.29, 0.717) is 10.6 Å². The minimum absolute atomic E-state index is 0.0755.